The van der Waals surface area contributed by atoms with Gasteiger partial charge in [0.05, 0.1) is 0 Å². The van der Waals surface area contributed by atoms with Gasteiger partial charge in [-0.25, -0.2) is 0 Å². The summed E-state index contributed by atoms with van der Waals surface area (Å²) in [6.07, 6.45) is 0.582. The predicted octanol–water partition coefficient (Wildman–Crippen LogP) is 2.12. The summed E-state index contributed by atoms with van der Waals surface area (Å²) in [5.41, 5.74) is 0.0319. The van der Waals surface area contributed by atoms with Gasteiger partial charge in [-0.2, -0.15) is 0 Å². The first-order chi connectivity index (χ1) is 7.06. The van der Waals surface area contributed by atoms with Gasteiger partial charge in [0.15, 0.2) is 0 Å². The average Bonchev–Trinajstić information content (AvgIpc) is 2.15. The molecule has 1 atom stereocenters. The topological polar surface area (TPSA) is 32.3 Å². The number of hydrogen-bond donors (Lipinski definition) is 1. The van der Waals surface area contributed by atoms with Gasteiger partial charge in [0.1, 0.15) is 0 Å². The van der Waals surface area contributed by atoms with Gasteiger partial charge in [-0.1, -0.05) is 27.7 Å². The lowest BCUT2D eigenvalue weighted by Gasteiger charge is -2.46. The van der Waals surface area contributed by atoms with Crippen molar-refractivity contribution in [2.24, 2.45) is 10.8 Å². The highest BCUT2D eigenvalue weighted by Crippen LogP contribution is 2.43. The predicted molar refractivity (Wildman–Crippen MR) is 69.4 cm³/mol. The minimum absolute atomic E-state index is 0.0310. The summed E-state index contributed by atoms with van der Waals surface area (Å²) in [6, 6.07) is 0.373. The molecule has 0 saturated heterocycles. The SMILES string of the molecule is CNC(C)C(C)(C)C(C)(C)CC(=O)N(C)C. The van der Waals surface area contributed by atoms with Crippen LogP contribution < -0.4 is 5.32 Å². The minimum atomic E-state index is -0.0310. The standard InChI is InChI=1S/C13H28N2O/c1-10(14-6)13(4,5)12(2,3)9-11(16)15(7)8/h10,14H,9H2,1-8H3. The van der Waals surface area contributed by atoms with E-state index >= 15 is 0 Å². The second-order valence-electron chi connectivity index (χ2n) is 6.08. The molecule has 0 radical (unpaired) electrons. The first-order valence-electron chi connectivity index (χ1n) is 5.93. The number of amides is 1. The third-order valence-corrected chi connectivity index (χ3v) is 4.35. The molecule has 0 aliphatic heterocycles. The molecule has 0 aromatic carbocycles. The lowest BCUT2D eigenvalue weighted by atomic mass is 9.62. The summed E-state index contributed by atoms with van der Waals surface area (Å²) in [7, 11) is 5.59. The molecule has 0 aliphatic carbocycles. The van der Waals surface area contributed by atoms with Crippen LogP contribution in [-0.4, -0.2) is 38.0 Å². The van der Waals surface area contributed by atoms with Crippen LogP contribution in [0, 0.1) is 10.8 Å². The Hall–Kier alpha value is -0.570. The molecule has 0 aliphatic rings. The number of rotatable bonds is 5. The molecule has 0 saturated carbocycles. The fourth-order valence-electron chi connectivity index (χ4n) is 1.71. The van der Waals surface area contributed by atoms with E-state index in [9.17, 15) is 4.79 Å². The molecule has 0 spiro atoms. The van der Waals surface area contributed by atoms with Gasteiger partial charge in [0.2, 0.25) is 5.91 Å². The molecule has 0 aromatic rings. The average molecular weight is 228 g/mol. The highest BCUT2D eigenvalue weighted by molar-refractivity contribution is 5.76. The van der Waals surface area contributed by atoms with Gasteiger partial charge in [-0.05, 0) is 24.8 Å². The number of carbonyl (C=O) groups is 1. The van der Waals surface area contributed by atoms with Crippen LogP contribution in [0.2, 0.25) is 0 Å². The Bertz CT molecular complexity index is 244. The first kappa shape index (κ1) is 15.4. The molecule has 0 rings (SSSR count). The van der Waals surface area contributed by atoms with Crippen LogP contribution in [0.1, 0.15) is 41.0 Å². The van der Waals surface area contributed by atoms with Crippen LogP contribution >= 0.6 is 0 Å². The Morgan fingerprint density at radius 1 is 1.25 bits per heavy atom. The summed E-state index contributed by atoms with van der Waals surface area (Å²) in [4.78, 5) is 13.5. The number of nitrogens with one attached hydrogen (secondary N) is 1. The van der Waals surface area contributed by atoms with Crippen LogP contribution in [0.3, 0.4) is 0 Å². The Labute approximate surface area is 101 Å². The maximum Gasteiger partial charge on any atom is 0.222 e. The van der Waals surface area contributed by atoms with Gasteiger partial charge in [-0.15, -0.1) is 0 Å². The van der Waals surface area contributed by atoms with E-state index in [0.29, 0.717) is 12.5 Å². The van der Waals surface area contributed by atoms with Crippen molar-refractivity contribution in [1.82, 2.24) is 10.2 Å². The van der Waals surface area contributed by atoms with E-state index in [2.05, 4.69) is 39.9 Å². The van der Waals surface area contributed by atoms with E-state index in [1.807, 2.05) is 21.1 Å². The second kappa shape index (κ2) is 5.17. The third-order valence-electron chi connectivity index (χ3n) is 4.35. The van der Waals surface area contributed by atoms with Crippen LogP contribution in [0.25, 0.3) is 0 Å². The zero-order chi connectivity index (χ0) is 13.1. The lowest BCUT2D eigenvalue weighted by molar-refractivity contribution is -0.133. The van der Waals surface area contributed by atoms with Gasteiger partial charge in [0, 0.05) is 26.6 Å². The second-order valence-corrected chi connectivity index (χ2v) is 6.08. The zero-order valence-corrected chi connectivity index (χ0v) is 12.1. The summed E-state index contributed by atoms with van der Waals surface area (Å²) in [5, 5.41) is 3.29. The van der Waals surface area contributed by atoms with E-state index in [1.54, 1.807) is 4.90 Å². The quantitative estimate of drug-likeness (QED) is 0.782. The summed E-state index contributed by atoms with van der Waals surface area (Å²) in [6.45, 7) is 10.9. The Kier molecular flexibility index (Phi) is 4.99. The molecule has 0 fully saturated rings. The molecule has 0 aromatic heterocycles. The van der Waals surface area contributed by atoms with Gasteiger partial charge < -0.3 is 10.2 Å². The van der Waals surface area contributed by atoms with Crippen molar-refractivity contribution in [3.8, 4) is 0 Å². The van der Waals surface area contributed by atoms with Gasteiger partial charge >= 0.3 is 0 Å². The van der Waals surface area contributed by atoms with Crippen molar-refractivity contribution in [2.45, 2.75) is 47.1 Å². The highest BCUT2D eigenvalue weighted by Gasteiger charge is 2.42. The molecular formula is C13H28N2O. The molecule has 1 unspecified atom stereocenters. The van der Waals surface area contributed by atoms with Crippen LogP contribution in [0.15, 0.2) is 0 Å². The Morgan fingerprint density at radius 3 is 2.00 bits per heavy atom. The molecule has 16 heavy (non-hydrogen) atoms. The van der Waals surface area contributed by atoms with Crippen molar-refractivity contribution < 1.29 is 4.79 Å². The molecule has 1 amide bonds. The van der Waals surface area contributed by atoms with Crippen LogP contribution in [-0.2, 0) is 4.79 Å². The maximum absolute atomic E-state index is 11.8. The van der Waals surface area contributed by atoms with E-state index in [0.717, 1.165) is 0 Å². The van der Waals surface area contributed by atoms with Crippen molar-refractivity contribution in [2.75, 3.05) is 21.1 Å². The van der Waals surface area contributed by atoms with Gasteiger partial charge in [0.25, 0.3) is 0 Å². The number of hydrogen-bond acceptors (Lipinski definition) is 2. The van der Waals surface area contributed by atoms with Crippen molar-refractivity contribution in [1.29, 1.82) is 0 Å². The fraction of sp³-hybridized carbons (Fsp3) is 0.923. The summed E-state index contributed by atoms with van der Waals surface area (Å²) < 4.78 is 0. The monoisotopic (exact) mass is 228 g/mol. The fourth-order valence-corrected chi connectivity index (χ4v) is 1.71. The lowest BCUT2D eigenvalue weighted by Crippen LogP contribution is -2.48. The highest BCUT2D eigenvalue weighted by atomic mass is 16.2. The summed E-state index contributed by atoms with van der Waals surface area (Å²) in [5.74, 6) is 0.196. The molecule has 96 valence electrons. The largest absolute Gasteiger partial charge is 0.349 e. The normalized spacial score (nSPS) is 14.8. The van der Waals surface area contributed by atoms with E-state index in [-0.39, 0.29) is 16.7 Å². The molecule has 0 heterocycles. The van der Waals surface area contributed by atoms with E-state index < -0.39 is 0 Å². The van der Waals surface area contributed by atoms with Crippen LogP contribution in [0.4, 0.5) is 0 Å². The smallest absolute Gasteiger partial charge is 0.222 e. The third kappa shape index (κ3) is 3.21. The Balaban J connectivity index is 4.83. The summed E-state index contributed by atoms with van der Waals surface area (Å²) >= 11 is 0. The molecular weight excluding hydrogens is 200 g/mol. The van der Waals surface area contributed by atoms with Crippen molar-refractivity contribution in [3.63, 3.8) is 0 Å². The minimum Gasteiger partial charge on any atom is -0.349 e. The van der Waals surface area contributed by atoms with Gasteiger partial charge in [-0.3, -0.25) is 4.79 Å². The molecule has 1 N–H and O–H groups in total. The maximum atomic E-state index is 11.8. The van der Waals surface area contributed by atoms with Crippen molar-refractivity contribution >= 4 is 5.91 Å². The molecule has 3 heteroatoms. The number of nitrogens with zero attached hydrogens (tertiary/aromatic N) is 1. The van der Waals surface area contributed by atoms with E-state index in [4.69, 9.17) is 0 Å². The van der Waals surface area contributed by atoms with Crippen molar-refractivity contribution in [3.05, 3.63) is 0 Å². The Morgan fingerprint density at radius 2 is 1.69 bits per heavy atom. The first-order valence-corrected chi connectivity index (χ1v) is 5.93. The molecule has 3 nitrogen and oxygen atoms in total. The number of carbonyl (C=O) groups excluding carboxylic acids is 1. The molecule has 0 bridgehead atoms. The zero-order valence-electron chi connectivity index (χ0n) is 12.1. The van der Waals surface area contributed by atoms with E-state index in [1.165, 1.54) is 0 Å². The van der Waals surface area contributed by atoms with Crippen LogP contribution in [0.5, 0.6) is 0 Å².